The fourth-order valence-electron chi connectivity index (χ4n) is 2.87. The summed E-state index contributed by atoms with van der Waals surface area (Å²) in [6.45, 7) is 1.24. The first-order valence-electron chi connectivity index (χ1n) is 6.13. The van der Waals surface area contributed by atoms with Gasteiger partial charge >= 0.3 is 6.03 Å². The molecule has 1 aliphatic carbocycles. The van der Waals surface area contributed by atoms with Crippen LogP contribution in [-0.4, -0.2) is 18.1 Å². The number of urea groups is 1. The van der Waals surface area contributed by atoms with Crippen molar-refractivity contribution in [2.24, 2.45) is 5.73 Å². The minimum Gasteiger partial charge on any atom is -0.335 e. The van der Waals surface area contributed by atoms with Gasteiger partial charge in [0.2, 0.25) is 0 Å². The van der Waals surface area contributed by atoms with E-state index in [1.165, 1.54) is 6.42 Å². The van der Waals surface area contributed by atoms with Gasteiger partial charge in [0.15, 0.2) is 0 Å². The standard InChI is InChI=1S/C13H17N3O/c14-8-10-4-1-2-5-11(10)16-12(17)15-9-13(16)6-3-7-13/h1-2,4-5H,3,6-9,14H2,(H,15,17). The van der Waals surface area contributed by atoms with E-state index in [0.29, 0.717) is 6.54 Å². The van der Waals surface area contributed by atoms with Crippen LogP contribution in [0.15, 0.2) is 24.3 Å². The number of hydrogen-bond donors (Lipinski definition) is 2. The van der Waals surface area contributed by atoms with Crippen molar-refractivity contribution in [1.82, 2.24) is 5.32 Å². The second-order valence-corrected chi connectivity index (χ2v) is 4.90. The first-order chi connectivity index (χ1) is 8.27. The molecule has 1 aliphatic heterocycles. The van der Waals surface area contributed by atoms with Crippen molar-refractivity contribution < 1.29 is 4.79 Å². The molecule has 90 valence electrons. The van der Waals surface area contributed by atoms with Gasteiger partial charge in [-0.2, -0.15) is 0 Å². The molecule has 1 heterocycles. The van der Waals surface area contributed by atoms with E-state index in [9.17, 15) is 4.79 Å². The van der Waals surface area contributed by atoms with Crippen molar-refractivity contribution in [1.29, 1.82) is 0 Å². The van der Waals surface area contributed by atoms with E-state index >= 15 is 0 Å². The summed E-state index contributed by atoms with van der Waals surface area (Å²) in [5.41, 5.74) is 7.78. The largest absolute Gasteiger partial charge is 0.335 e. The van der Waals surface area contributed by atoms with E-state index in [1.807, 2.05) is 29.2 Å². The molecule has 3 rings (SSSR count). The maximum absolute atomic E-state index is 12.0. The molecule has 17 heavy (non-hydrogen) atoms. The summed E-state index contributed by atoms with van der Waals surface area (Å²) in [6, 6.07) is 7.94. The van der Waals surface area contributed by atoms with E-state index in [2.05, 4.69) is 5.32 Å². The molecule has 1 aromatic rings. The highest BCUT2D eigenvalue weighted by Gasteiger charge is 2.50. The summed E-state index contributed by atoms with van der Waals surface area (Å²) in [6.07, 6.45) is 3.38. The fourth-order valence-corrected chi connectivity index (χ4v) is 2.87. The molecule has 0 radical (unpaired) electrons. The first-order valence-corrected chi connectivity index (χ1v) is 6.13. The average molecular weight is 231 g/mol. The highest BCUT2D eigenvalue weighted by atomic mass is 16.2. The maximum Gasteiger partial charge on any atom is 0.322 e. The Morgan fingerprint density at radius 1 is 1.35 bits per heavy atom. The van der Waals surface area contributed by atoms with Gasteiger partial charge in [-0.05, 0) is 30.9 Å². The van der Waals surface area contributed by atoms with Crippen molar-refractivity contribution in [3.05, 3.63) is 29.8 Å². The molecule has 2 fully saturated rings. The highest BCUT2D eigenvalue weighted by molar-refractivity contribution is 5.97. The Kier molecular flexibility index (Phi) is 2.33. The molecule has 1 saturated heterocycles. The maximum atomic E-state index is 12.0. The molecule has 0 unspecified atom stereocenters. The summed E-state index contributed by atoms with van der Waals surface area (Å²) in [5.74, 6) is 0. The number of carbonyl (C=O) groups is 1. The Labute approximate surface area is 101 Å². The third-order valence-electron chi connectivity index (χ3n) is 3.98. The van der Waals surface area contributed by atoms with Crippen LogP contribution in [0.4, 0.5) is 10.5 Å². The van der Waals surface area contributed by atoms with Crippen LogP contribution in [0.1, 0.15) is 24.8 Å². The molecule has 0 aromatic heterocycles. The number of nitrogens with one attached hydrogen (secondary N) is 1. The number of hydrogen-bond acceptors (Lipinski definition) is 2. The number of benzene rings is 1. The van der Waals surface area contributed by atoms with Crippen LogP contribution in [0.3, 0.4) is 0 Å². The minimum absolute atomic E-state index is 0.0162. The summed E-state index contributed by atoms with van der Waals surface area (Å²) in [7, 11) is 0. The molecule has 3 N–H and O–H groups in total. The lowest BCUT2D eigenvalue weighted by Crippen LogP contribution is -2.53. The van der Waals surface area contributed by atoms with Gasteiger partial charge in [-0.3, -0.25) is 4.90 Å². The zero-order valence-corrected chi connectivity index (χ0v) is 9.78. The SMILES string of the molecule is NCc1ccccc1N1C(=O)NCC12CCC2. The van der Waals surface area contributed by atoms with Crippen molar-refractivity contribution in [2.45, 2.75) is 31.3 Å². The van der Waals surface area contributed by atoms with Gasteiger partial charge in [0.05, 0.1) is 11.2 Å². The van der Waals surface area contributed by atoms with Gasteiger partial charge < -0.3 is 11.1 Å². The Hall–Kier alpha value is -1.55. The Morgan fingerprint density at radius 2 is 2.12 bits per heavy atom. The Morgan fingerprint density at radius 3 is 2.76 bits per heavy atom. The van der Waals surface area contributed by atoms with Gasteiger partial charge in [-0.15, -0.1) is 0 Å². The zero-order valence-electron chi connectivity index (χ0n) is 9.78. The number of amides is 2. The normalized spacial score (nSPS) is 21.5. The van der Waals surface area contributed by atoms with E-state index in [0.717, 1.165) is 30.6 Å². The molecule has 4 heteroatoms. The predicted octanol–water partition coefficient (Wildman–Crippen LogP) is 1.60. The van der Waals surface area contributed by atoms with Gasteiger partial charge in [0.1, 0.15) is 0 Å². The van der Waals surface area contributed by atoms with Gasteiger partial charge in [0, 0.05) is 13.1 Å². The van der Waals surface area contributed by atoms with E-state index in [1.54, 1.807) is 0 Å². The monoisotopic (exact) mass is 231 g/mol. The fraction of sp³-hybridized carbons (Fsp3) is 0.462. The van der Waals surface area contributed by atoms with E-state index < -0.39 is 0 Å². The zero-order chi connectivity index (χ0) is 11.9. The molecular weight excluding hydrogens is 214 g/mol. The summed E-state index contributed by atoms with van der Waals surface area (Å²) >= 11 is 0. The minimum atomic E-state index is 0.0162. The number of carbonyl (C=O) groups excluding carboxylic acids is 1. The smallest absolute Gasteiger partial charge is 0.322 e. The first kappa shape index (κ1) is 10.6. The Bertz CT molecular complexity index is 454. The Balaban J connectivity index is 2.04. The van der Waals surface area contributed by atoms with Crippen molar-refractivity contribution >= 4 is 11.7 Å². The van der Waals surface area contributed by atoms with Crippen molar-refractivity contribution in [2.75, 3.05) is 11.4 Å². The summed E-state index contributed by atoms with van der Waals surface area (Å²) in [4.78, 5) is 14.0. The highest BCUT2D eigenvalue weighted by Crippen LogP contribution is 2.43. The van der Waals surface area contributed by atoms with E-state index in [4.69, 9.17) is 5.73 Å². The number of para-hydroxylation sites is 1. The number of rotatable bonds is 2. The van der Waals surface area contributed by atoms with Crippen molar-refractivity contribution in [3.63, 3.8) is 0 Å². The third kappa shape index (κ3) is 1.44. The van der Waals surface area contributed by atoms with Gasteiger partial charge in [0.25, 0.3) is 0 Å². The predicted molar refractivity (Wildman–Crippen MR) is 66.8 cm³/mol. The van der Waals surface area contributed by atoms with E-state index in [-0.39, 0.29) is 11.6 Å². The lowest BCUT2D eigenvalue weighted by atomic mass is 9.76. The molecule has 1 aromatic carbocycles. The molecule has 0 bridgehead atoms. The number of nitrogens with zero attached hydrogens (tertiary/aromatic N) is 1. The van der Waals surface area contributed by atoms with Crippen molar-refractivity contribution in [3.8, 4) is 0 Å². The molecule has 1 spiro atoms. The van der Waals surface area contributed by atoms with Crippen LogP contribution >= 0.6 is 0 Å². The number of anilines is 1. The molecule has 0 atom stereocenters. The summed E-state index contributed by atoms with van der Waals surface area (Å²) in [5, 5.41) is 2.96. The van der Waals surface area contributed by atoms with Gasteiger partial charge in [-0.1, -0.05) is 18.2 Å². The second kappa shape index (κ2) is 3.74. The molecule has 4 nitrogen and oxygen atoms in total. The van der Waals surface area contributed by atoms with Crippen LogP contribution in [0, 0.1) is 0 Å². The average Bonchev–Trinajstić information content (AvgIpc) is 2.66. The van der Waals surface area contributed by atoms with Crippen LogP contribution in [0.25, 0.3) is 0 Å². The molecular formula is C13H17N3O. The van der Waals surface area contributed by atoms with Crippen LogP contribution in [0.2, 0.25) is 0 Å². The molecule has 2 aliphatic rings. The van der Waals surface area contributed by atoms with Crippen LogP contribution in [0.5, 0.6) is 0 Å². The molecule has 2 amide bonds. The number of nitrogens with two attached hydrogens (primary N) is 1. The van der Waals surface area contributed by atoms with Crippen LogP contribution < -0.4 is 16.0 Å². The topological polar surface area (TPSA) is 58.4 Å². The summed E-state index contributed by atoms with van der Waals surface area (Å²) < 4.78 is 0. The van der Waals surface area contributed by atoms with Crippen LogP contribution in [-0.2, 0) is 6.54 Å². The molecule has 1 saturated carbocycles. The third-order valence-corrected chi connectivity index (χ3v) is 3.98. The quantitative estimate of drug-likeness (QED) is 0.812. The second-order valence-electron chi connectivity index (χ2n) is 4.90. The lowest BCUT2D eigenvalue weighted by molar-refractivity contribution is 0.241. The van der Waals surface area contributed by atoms with Gasteiger partial charge in [-0.25, -0.2) is 4.79 Å². The lowest BCUT2D eigenvalue weighted by Gasteiger charge is -2.44.